The number of benzene rings is 2. The second kappa shape index (κ2) is 7.86. The molecule has 2 aromatic rings. The van der Waals surface area contributed by atoms with Gasteiger partial charge in [0.05, 0.1) is 23.7 Å². The molecule has 32 heavy (non-hydrogen) atoms. The van der Waals surface area contributed by atoms with E-state index in [1.54, 1.807) is 24.3 Å². The Kier molecular flexibility index (Phi) is 5.59. The maximum Gasteiger partial charge on any atom is 0.261 e. The number of carbonyl (C=O) groups is 2. The summed E-state index contributed by atoms with van der Waals surface area (Å²) >= 11 is -1.35. The molecule has 0 radical (unpaired) electrons. The maximum absolute atomic E-state index is 14.4. The monoisotopic (exact) mass is 458 g/mol. The number of fused-ring (bicyclic) bond motifs is 2. The average Bonchev–Trinajstić information content (AvgIpc) is 3.16. The molecular weight excluding hydrogens is 431 g/mol. The highest BCUT2D eigenvalue weighted by Gasteiger charge is 2.45. The van der Waals surface area contributed by atoms with Crippen molar-refractivity contribution in [2.75, 3.05) is 6.54 Å². The number of nitrogens with zero attached hydrogens (tertiary/aromatic N) is 1. The van der Waals surface area contributed by atoms with Gasteiger partial charge in [0.2, 0.25) is 0 Å². The van der Waals surface area contributed by atoms with E-state index >= 15 is 0 Å². The fraction of sp³-hybridized carbons (Fsp3) is 0.417. The van der Waals surface area contributed by atoms with Crippen molar-refractivity contribution in [1.29, 1.82) is 0 Å². The van der Waals surface area contributed by atoms with Crippen molar-refractivity contribution >= 4 is 23.2 Å². The van der Waals surface area contributed by atoms with Crippen LogP contribution in [0.1, 0.15) is 72.5 Å². The first-order valence-electron chi connectivity index (χ1n) is 10.5. The number of imide groups is 1. The van der Waals surface area contributed by atoms with Crippen LogP contribution >= 0.6 is 0 Å². The molecule has 170 valence electrons. The number of hydrogen-bond acceptors (Lipinski definition) is 5. The quantitative estimate of drug-likeness (QED) is 0.542. The van der Waals surface area contributed by atoms with Crippen molar-refractivity contribution in [3.05, 3.63) is 64.5 Å². The summed E-state index contributed by atoms with van der Waals surface area (Å²) in [6.07, 6.45) is 0.343. The van der Waals surface area contributed by atoms with Crippen LogP contribution in [0.2, 0.25) is 0 Å². The van der Waals surface area contributed by atoms with Crippen molar-refractivity contribution in [1.82, 2.24) is 9.62 Å². The zero-order chi connectivity index (χ0) is 23.4. The van der Waals surface area contributed by atoms with Crippen LogP contribution < -0.4 is 9.46 Å². The molecule has 2 aliphatic heterocycles. The summed E-state index contributed by atoms with van der Waals surface area (Å²) in [4.78, 5) is 26.8. The van der Waals surface area contributed by atoms with Gasteiger partial charge in [-0.15, -0.1) is 4.72 Å². The van der Waals surface area contributed by atoms with Crippen LogP contribution in [0.25, 0.3) is 0 Å². The highest BCUT2D eigenvalue weighted by Crippen LogP contribution is 2.42. The van der Waals surface area contributed by atoms with E-state index < -0.39 is 33.6 Å². The molecule has 0 aliphatic carbocycles. The third-order valence-corrected chi connectivity index (χ3v) is 7.43. The van der Waals surface area contributed by atoms with E-state index in [0.29, 0.717) is 34.4 Å². The Morgan fingerprint density at radius 3 is 2.38 bits per heavy atom. The molecule has 0 saturated heterocycles. The van der Waals surface area contributed by atoms with Crippen molar-refractivity contribution < 1.29 is 23.3 Å². The molecule has 0 saturated carbocycles. The maximum atomic E-state index is 14.4. The first-order chi connectivity index (χ1) is 14.9. The number of rotatable bonds is 5. The number of halogens is 1. The Bertz CT molecular complexity index is 1060. The normalized spacial score (nSPS) is 21.9. The van der Waals surface area contributed by atoms with Gasteiger partial charge in [-0.1, -0.05) is 12.1 Å². The van der Waals surface area contributed by atoms with Crippen LogP contribution in [0.4, 0.5) is 4.39 Å². The van der Waals surface area contributed by atoms with Gasteiger partial charge < -0.3 is 9.29 Å². The predicted molar refractivity (Wildman–Crippen MR) is 120 cm³/mol. The molecule has 0 aromatic heterocycles. The lowest BCUT2D eigenvalue weighted by Gasteiger charge is -2.30. The van der Waals surface area contributed by atoms with E-state index in [2.05, 4.69) is 4.72 Å². The first kappa shape index (κ1) is 22.8. The molecule has 2 aliphatic rings. The summed E-state index contributed by atoms with van der Waals surface area (Å²) in [5, 5.41) is 0. The molecular formula is C24H27FN2O4S. The zero-order valence-corrected chi connectivity index (χ0v) is 19.6. The first-order valence-corrected chi connectivity index (χ1v) is 11.7. The second-order valence-electron chi connectivity index (χ2n) is 9.67. The minimum Gasteiger partial charge on any atom is -0.598 e. The molecule has 2 amide bonds. The summed E-state index contributed by atoms with van der Waals surface area (Å²) in [5.74, 6) is -0.610. The van der Waals surface area contributed by atoms with E-state index in [1.165, 1.54) is 17.0 Å². The smallest absolute Gasteiger partial charge is 0.261 e. The van der Waals surface area contributed by atoms with Crippen LogP contribution in [0.5, 0.6) is 5.75 Å². The van der Waals surface area contributed by atoms with E-state index in [-0.39, 0.29) is 18.4 Å². The van der Waals surface area contributed by atoms with Crippen molar-refractivity contribution in [2.24, 2.45) is 0 Å². The largest absolute Gasteiger partial charge is 0.598 e. The minimum atomic E-state index is -1.35. The van der Waals surface area contributed by atoms with Gasteiger partial charge in [0.15, 0.2) is 0 Å². The fourth-order valence-electron chi connectivity index (χ4n) is 4.14. The van der Waals surface area contributed by atoms with E-state index in [4.69, 9.17) is 4.74 Å². The van der Waals surface area contributed by atoms with E-state index in [1.807, 2.05) is 34.6 Å². The summed E-state index contributed by atoms with van der Waals surface area (Å²) in [7, 11) is 0. The summed E-state index contributed by atoms with van der Waals surface area (Å²) < 4.78 is 35.8. The van der Waals surface area contributed by atoms with Crippen molar-refractivity contribution in [2.45, 2.75) is 57.4 Å². The number of ether oxygens (including phenoxy) is 1. The van der Waals surface area contributed by atoms with Gasteiger partial charge in [-0.3, -0.25) is 14.5 Å². The second-order valence-corrected chi connectivity index (χ2v) is 11.7. The molecule has 4 rings (SSSR count). The molecule has 3 atom stereocenters. The highest BCUT2D eigenvalue weighted by atomic mass is 32.2. The van der Waals surface area contributed by atoms with Crippen molar-refractivity contribution in [3.8, 4) is 5.75 Å². The Morgan fingerprint density at radius 1 is 1.22 bits per heavy atom. The summed E-state index contributed by atoms with van der Waals surface area (Å²) in [6.45, 7) is 9.23. The van der Waals surface area contributed by atoms with Gasteiger partial charge in [-0.2, -0.15) is 0 Å². The van der Waals surface area contributed by atoms with Crippen LogP contribution in [0.15, 0.2) is 36.4 Å². The zero-order valence-electron chi connectivity index (χ0n) is 18.8. The molecule has 2 aromatic carbocycles. The molecule has 1 N–H and O–H groups in total. The fourth-order valence-corrected chi connectivity index (χ4v) is 4.94. The predicted octanol–water partition coefficient (Wildman–Crippen LogP) is 3.93. The van der Waals surface area contributed by atoms with Gasteiger partial charge >= 0.3 is 0 Å². The summed E-state index contributed by atoms with van der Waals surface area (Å²) in [6, 6.07) is 9.09. The molecule has 6 nitrogen and oxygen atoms in total. The lowest BCUT2D eigenvalue weighted by atomic mass is 9.96. The molecule has 0 fully saturated rings. The highest BCUT2D eigenvalue weighted by molar-refractivity contribution is 7.90. The van der Waals surface area contributed by atoms with Gasteiger partial charge in [-0.25, -0.2) is 4.39 Å². The lowest BCUT2D eigenvalue weighted by molar-refractivity contribution is 0.0416. The van der Waals surface area contributed by atoms with E-state index in [0.717, 1.165) is 0 Å². The van der Waals surface area contributed by atoms with Gasteiger partial charge in [-0.05, 0) is 58.9 Å². The van der Waals surface area contributed by atoms with Gasteiger partial charge in [0.1, 0.15) is 21.9 Å². The third-order valence-electron chi connectivity index (χ3n) is 5.75. The molecule has 2 unspecified atom stereocenters. The Morgan fingerprint density at radius 2 is 1.81 bits per heavy atom. The van der Waals surface area contributed by atoms with E-state index in [9.17, 15) is 18.5 Å². The van der Waals surface area contributed by atoms with Crippen LogP contribution in [0, 0.1) is 5.82 Å². The molecule has 8 heteroatoms. The van der Waals surface area contributed by atoms with Crippen LogP contribution in [-0.4, -0.2) is 38.2 Å². The lowest BCUT2D eigenvalue weighted by Crippen LogP contribution is -2.46. The molecule has 0 spiro atoms. The van der Waals surface area contributed by atoms with Crippen LogP contribution in [-0.2, 0) is 17.8 Å². The SMILES string of the molecule is C[C@@H](N[S+]([O-])C(C)(C)C)c1cc(F)cc2c1OC(C)(CN1C(=O)c3ccccc3C1=O)C2. The average molecular weight is 459 g/mol. The molecule has 0 bridgehead atoms. The van der Waals surface area contributed by atoms with Gasteiger partial charge in [0.25, 0.3) is 11.8 Å². The van der Waals surface area contributed by atoms with Crippen LogP contribution in [0.3, 0.4) is 0 Å². The Hall–Kier alpha value is -2.42. The number of nitrogens with one attached hydrogen (secondary N) is 1. The molecule has 2 heterocycles. The standard InChI is InChI=1S/C24H27FN2O4S/c1-14(26-32(30)23(2,3)4)19-11-16(25)10-15-12-24(5,31-20(15)19)13-27-21(28)17-8-6-7-9-18(17)22(27)29/h6-11,14,26H,12-13H2,1-5H3/t14-,24?,32?/m1/s1. The minimum absolute atomic E-state index is 0.0464. The Balaban J connectivity index is 1.58. The third kappa shape index (κ3) is 4.02. The number of amides is 2. The van der Waals surface area contributed by atoms with Crippen molar-refractivity contribution in [3.63, 3.8) is 0 Å². The number of hydrogen-bond donors (Lipinski definition) is 1. The number of carbonyl (C=O) groups excluding carboxylic acids is 2. The topological polar surface area (TPSA) is 81.7 Å². The summed E-state index contributed by atoms with van der Waals surface area (Å²) in [5.41, 5.74) is 1.08. The van der Waals surface area contributed by atoms with Gasteiger partial charge in [0, 0.05) is 28.9 Å². The Labute approximate surface area is 190 Å².